The van der Waals surface area contributed by atoms with Gasteiger partial charge in [0.2, 0.25) is 0 Å². The molecule has 0 aliphatic carbocycles. The summed E-state index contributed by atoms with van der Waals surface area (Å²) in [6, 6.07) is 5.04. The fourth-order valence-corrected chi connectivity index (χ4v) is 2.74. The first-order valence-electron chi connectivity index (χ1n) is 5.95. The highest BCUT2D eigenvalue weighted by atomic mass is 79.9. The lowest BCUT2D eigenvalue weighted by atomic mass is 10.0. The van der Waals surface area contributed by atoms with Gasteiger partial charge in [-0.25, -0.2) is 0 Å². The zero-order valence-corrected chi connectivity index (χ0v) is 11.5. The van der Waals surface area contributed by atoms with E-state index < -0.39 is 0 Å². The molecule has 1 fully saturated rings. The number of halogens is 1. The van der Waals surface area contributed by atoms with Gasteiger partial charge in [0.25, 0.3) is 5.69 Å². The van der Waals surface area contributed by atoms with E-state index in [-0.39, 0.29) is 23.3 Å². The number of nitro groups is 1. The summed E-state index contributed by atoms with van der Waals surface area (Å²) in [4.78, 5) is 12.7. The maximum absolute atomic E-state index is 11.1. The molecule has 0 radical (unpaired) electrons. The third kappa shape index (κ3) is 2.64. The molecule has 1 atom stereocenters. The fraction of sp³-hybridized carbons (Fsp3) is 0.500. The Bertz CT molecular complexity index is 453. The molecule has 0 spiro atoms. The molecule has 1 heterocycles. The van der Waals surface area contributed by atoms with Crippen LogP contribution in [0.4, 0.5) is 11.4 Å². The van der Waals surface area contributed by atoms with Crippen molar-refractivity contribution in [3.8, 4) is 0 Å². The van der Waals surface area contributed by atoms with Crippen LogP contribution in [0.15, 0.2) is 22.7 Å². The van der Waals surface area contributed by atoms with Crippen LogP contribution in [0.5, 0.6) is 0 Å². The summed E-state index contributed by atoms with van der Waals surface area (Å²) in [6.07, 6.45) is 2.94. The second-order valence-electron chi connectivity index (χ2n) is 4.42. The van der Waals surface area contributed by atoms with Gasteiger partial charge in [0.05, 0.1) is 17.6 Å². The largest absolute Gasteiger partial charge is 0.394 e. The molecule has 1 aromatic carbocycles. The lowest BCUT2D eigenvalue weighted by Gasteiger charge is -2.36. The second kappa shape index (κ2) is 5.67. The van der Waals surface area contributed by atoms with Gasteiger partial charge < -0.3 is 10.0 Å². The van der Waals surface area contributed by atoms with E-state index in [2.05, 4.69) is 15.9 Å². The molecule has 1 aliphatic rings. The van der Waals surface area contributed by atoms with Crippen molar-refractivity contribution in [3.63, 3.8) is 0 Å². The summed E-state index contributed by atoms with van der Waals surface area (Å²) in [6.45, 7) is 0.793. The summed E-state index contributed by atoms with van der Waals surface area (Å²) in [7, 11) is 0. The van der Waals surface area contributed by atoms with Crippen LogP contribution in [-0.4, -0.2) is 29.2 Å². The number of aliphatic hydroxyl groups excluding tert-OH is 1. The quantitative estimate of drug-likeness (QED) is 0.688. The van der Waals surface area contributed by atoms with E-state index in [1.165, 1.54) is 6.07 Å². The van der Waals surface area contributed by atoms with Gasteiger partial charge in [-0.3, -0.25) is 10.1 Å². The predicted octanol–water partition coefficient (Wildman–Crippen LogP) is 2.71. The van der Waals surface area contributed by atoms with E-state index in [1.54, 1.807) is 12.1 Å². The monoisotopic (exact) mass is 314 g/mol. The van der Waals surface area contributed by atoms with Crippen LogP contribution in [0.3, 0.4) is 0 Å². The normalized spacial score (nSPS) is 19.9. The van der Waals surface area contributed by atoms with Crippen LogP contribution in [0, 0.1) is 10.1 Å². The molecule has 98 valence electrons. The van der Waals surface area contributed by atoms with Gasteiger partial charge in [-0.15, -0.1) is 0 Å². The summed E-state index contributed by atoms with van der Waals surface area (Å²) >= 11 is 3.25. The standard InChI is InChI=1S/C12H15BrN2O3/c13-9-4-5-11(12(7-9)15(17)18)14-6-2-1-3-10(14)8-16/h4-5,7,10,16H,1-3,6,8H2. The molecule has 0 bridgehead atoms. The van der Waals surface area contributed by atoms with E-state index in [9.17, 15) is 15.2 Å². The Labute approximate surface area is 114 Å². The van der Waals surface area contributed by atoms with Gasteiger partial charge in [-0.2, -0.15) is 0 Å². The van der Waals surface area contributed by atoms with Crippen LogP contribution in [-0.2, 0) is 0 Å². The SMILES string of the molecule is O=[N+]([O-])c1cc(Br)ccc1N1CCCCC1CO. The number of nitro benzene ring substituents is 1. The van der Waals surface area contributed by atoms with E-state index >= 15 is 0 Å². The lowest BCUT2D eigenvalue weighted by Crippen LogP contribution is -2.42. The highest BCUT2D eigenvalue weighted by Crippen LogP contribution is 2.34. The highest BCUT2D eigenvalue weighted by molar-refractivity contribution is 9.10. The summed E-state index contributed by atoms with van der Waals surface area (Å²) in [5.74, 6) is 0. The number of hydrogen-bond donors (Lipinski definition) is 1. The van der Waals surface area contributed by atoms with Crippen molar-refractivity contribution in [1.82, 2.24) is 0 Å². The van der Waals surface area contributed by atoms with Gasteiger partial charge in [-0.1, -0.05) is 15.9 Å². The molecule has 6 heteroatoms. The number of piperidine rings is 1. The van der Waals surface area contributed by atoms with Crippen molar-refractivity contribution in [2.45, 2.75) is 25.3 Å². The highest BCUT2D eigenvalue weighted by Gasteiger charge is 2.27. The number of aliphatic hydroxyl groups is 1. The maximum Gasteiger partial charge on any atom is 0.293 e. The zero-order chi connectivity index (χ0) is 13.1. The maximum atomic E-state index is 11.1. The number of rotatable bonds is 3. The minimum atomic E-state index is -0.372. The molecule has 18 heavy (non-hydrogen) atoms. The van der Waals surface area contributed by atoms with E-state index in [0.29, 0.717) is 10.2 Å². The third-order valence-electron chi connectivity index (χ3n) is 3.28. The molecular weight excluding hydrogens is 300 g/mol. The second-order valence-corrected chi connectivity index (χ2v) is 5.33. The number of anilines is 1. The topological polar surface area (TPSA) is 66.6 Å². The Balaban J connectivity index is 2.39. The van der Waals surface area contributed by atoms with Crippen molar-refractivity contribution < 1.29 is 10.0 Å². The number of benzene rings is 1. The molecule has 1 aliphatic heterocycles. The molecule has 0 aromatic heterocycles. The first-order chi connectivity index (χ1) is 8.63. The average Bonchev–Trinajstić information content (AvgIpc) is 2.38. The Hall–Kier alpha value is -1.14. The molecule has 1 unspecified atom stereocenters. The molecule has 1 N–H and O–H groups in total. The van der Waals surface area contributed by atoms with E-state index in [0.717, 1.165) is 25.8 Å². The average molecular weight is 315 g/mol. The number of nitrogens with zero attached hydrogens (tertiary/aromatic N) is 2. The Morgan fingerprint density at radius 3 is 2.94 bits per heavy atom. The molecule has 0 amide bonds. The van der Waals surface area contributed by atoms with Crippen molar-refractivity contribution in [2.24, 2.45) is 0 Å². The summed E-state index contributed by atoms with van der Waals surface area (Å²) < 4.78 is 0.690. The Kier molecular flexibility index (Phi) is 4.19. The summed E-state index contributed by atoms with van der Waals surface area (Å²) in [5.41, 5.74) is 0.687. The van der Waals surface area contributed by atoms with Gasteiger partial charge in [-0.05, 0) is 31.4 Å². The van der Waals surface area contributed by atoms with Crippen molar-refractivity contribution in [2.75, 3.05) is 18.1 Å². The molecule has 1 aromatic rings. The van der Waals surface area contributed by atoms with Crippen LogP contribution >= 0.6 is 15.9 Å². The molecule has 1 saturated heterocycles. The van der Waals surface area contributed by atoms with Crippen LogP contribution in [0.2, 0.25) is 0 Å². The molecule has 5 nitrogen and oxygen atoms in total. The smallest absolute Gasteiger partial charge is 0.293 e. The first-order valence-corrected chi connectivity index (χ1v) is 6.74. The predicted molar refractivity (Wildman–Crippen MR) is 72.9 cm³/mol. The summed E-state index contributed by atoms with van der Waals surface area (Å²) in [5, 5.41) is 20.5. The molecule has 2 rings (SSSR count). The van der Waals surface area contributed by atoms with Gasteiger partial charge in [0.15, 0.2) is 0 Å². The van der Waals surface area contributed by atoms with Crippen molar-refractivity contribution in [1.29, 1.82) is 0 Å². The van der Waals surface area contributed by atoms with Gasteiger partial charge in [0.1, 0.15) is 5.69 Å². The van der Waals surface area contributed by atoms with E-state index in [4.69, 9.17) is 0 Å². The van der Waals surface area contributed by atoms with E-state index in [1.807, 2.05) is 4.90 Å². The van der Waals surface area contributed by atoms with Crippen molar-refractivity contribution in [3.05, 3.63) is 32.8 Å². The minimum Gasteiger partial charge on any atom is -0.394 e. The van der Waals surface area contributed by atoms with Crippen LogP contribution in [0.1, 0.15) is 19.3 Å². The molecular formula is C12H15BrN2O3. The van der Waals surface area contributed by atoms with Gasteiger partial charge >= 0.3 is 0 Å². The lowest BCUT2D eigenvalue weighted by molar-refractivity contribution is -0.384. The van der Waals surface area contributed by atoms with Crippen LogP contribution in [0.25, 0.3) is 0 Å². The zero-order valence-electron chi connectivity index (χ0n) is 9.88. The number of hydrogen-bond acceptors (Lipinski definition) is 4. The Morgan fingerprint density at radius 1 is 1.50 bits per heavy atom. The van der Waals surface area contributed by atoms with Gasteiger partial charge in [0, 0.05) is 17.1 Å². The first kappa shape index (κ1) is 13.3. The van der Waals surface area contributed by atoms with Crippen LogP contribution < -0.4 is 4.90 Å². The molecule has 0 saturated carbocycles. The van der Waals surface area contributed by atoms with Crippen molar-refractivity contribution >= 4 is 27.3 Å². The minimum absolute atomic E-state index is 0.0152. The third-order valence-corrected chi connectivity index (χ3v) is 3.77. The fourth-order valence-electron chi connectivity index (χ4n) is 2.39. The Morgan fingerprint density at radius 2 is 2.28 bits per heavy atom.